The summed E-state index contributed by atoms with van der Waals surface area (Å²) < 4.78 is 92.1. The maximum atomic E-state index is 11.6. The first-order valence-corrected chi connectivity index (χ1v) is 28.5. The minimum Gasteiger partial charge on any atom is -0.394 e. The molecule has 21 heterocycles. The molecule has 0 aromatic heterocycles. The zero-order valence-corrected chi connectivity index (χ0v) is 46.6. The zero-order valence-electron chi connectivity index (χ0n) is 46.6. The molecule has 88 heavy (non-hydrogen) atoms. The number of ether oxygens (including phenoxy) is 16. The quantitative estimate of drug-likeness (QED) is 0.107. The van der Waals surface area contributed by atoms with Crippen LogP contribution in [0.1, 0.15) is 6.92 Å². The summed E-state index contributed by atoms with van der Waals surface area (Å²) in [6.07, 6.45) is -77.0. The van der Waals surface area contributed by atoms with Crippen molar-refractivity contribution in [1.82, 2.24) is 0 Å². The molecule has 0 unspecified atom stereocenters. The van der Waals surface area contributed by atoms with Crippen molar-refractivity contribution in [3.05, 3.63) is 0 Å². The monoisotopic (exact) mass is 1290 g/mol. The molecule has 39 nitrogen and oxygen atoms in total. The van der Waals surface area contributed by atoms with Crippen LogP contribution >= 0.6 is 0 Å². The highest BCUT2D eigenvalue weighted by Crippen LogP contribution is 2.40. The van der Waals surface area contributed by atoms with Gasteiger partial charge in [-0.05, 0) is 0 Å². The van der Waals surface area contributed by atoms with Crippen LogP contribution in [-0.2, 0) is 75.8 Å². The van der Waals surface area contributed by atoms with E-state index in [0.29, 0.717) is 0 Å². The molecule has 0 saturated carbocycles. The number of rotatable bonds is 8. The zero-order chi connectivity index (χ0) is 64.1. The molecular formula is C49H82O39. The Morgan fingerprint density at radius 2 is 0.295 bits per heavy atom. The van der Waals surface area contributed by atoms with Crippen LogP contribution in [0.5, 0.6) is 0 Å². The van der Waals surface area contributed by atoms with Gasteiger partial charge < -0.3 is 193 Å². The molecular weight excluding hydrogens is 1210 g/mol. The van der Waals surface area contributed by atoms with E-state index in [1.807, 2.05) is 0 Å². The van der Waals surface area contributed by atoms with Crippen molar-refractivity contribution < 1.29 is 193 Å². The standard InChI is InChI=1S/C49H82O39/c1-10-19(58)34-11(2-50)73-42(10)81-35-12(3-51)74-44(27(66)20(35)59)83-37-14(5-53)76-46(29(68)22(37)61)85-39-16(7-55)78-48(31(70)24(39)63)87-41-18(9-57)80-49(33(72)26(41)65)88-40-17(8-56)79-47(32(71)25(40)64)86-38-15(6-54)77-45(30(69)23(38)62)84-36-13(4-52)75-43(82-34)28(67)21(36)60/h10-72H,2-9H2,1H3/t10-,11-,12-,13-,14-,15-,16-,17-,18-,19-,20-,21-,22-,23-,24-,25-,26-,27-,28-,29-,30-,31-,32-,33-,34-,35-,36-,37-,38-,39-,40-,41-,42-,43-,44-,45-,46-,47-,48-,49-/m1/s1. The molecule has 512 valence electrons. The second kappa shape index (κ2) is 30.0. The molecule has 0 radical (unpaired) electrons. The van der Waals surface area contributed by atoms with Crippen LogP contribution in [0.2, 0.25) is 0 Å². The minimum atomic E-state index is -2.24. The average molecular weight is 1300 g/mol. The summed E-state index contributed by atoms with van der Waals surface area (Å²) in [7, 11) is 0. The fourth-order valence-electron chi connectivity index (χ4n) is 12.1. The number of hydrogen-bond donors (Lipinski definition) is 23. The molecule has 0 spiro atoms. The van der Waals surface area contributed by atoms with Gasteiger partial charge in [-0.1, -0.05) is 6.92 Å². The van der Waals surface area contributed by atoms with Crippen LogP contribution in [0.3, 0.4) is 0 Å². The molecule has 21 aliphatic rings. The van der Waals surface area contributed by atoms with E-state index < -0.39 is 298 Å². The maximum absolute atomic E-state index is 11.6. The van der Waals surface area contributed by atoms with Gasteiger partial charge in [0.25, 0.3) is 0 Å². The van der Waals surface area contributed by atoms with E-state index in [-0.39, 0.29) is 0 Å². The molecule has 16 bridgehead atoms. The van der Waals surface area contributed by atoms with E-state index in [9.17, 15) is 117 Å². The third-order valence-electron chi connectivity index (χ3n) is 17.2. The highest BCUT2D eigenvalue weighted by Gasteiger charge is 2.60. The molecule has 0 aromatic rings. The van der Waals surface area contributed by atoms with Gasteiger partial charge in [0.1, 0.15) is 183 Å². The van der Waals surface area contributed by atoms with Crippen molar-refractivity contribution in [3.63, 3.8) is 0 Å². The third-order valence-corrected chi connectivity index (χ3v) is 17.2. The predicted octanol–water partition coefficient (Wildman–Crippen LogP) is -16.1. The van der Waals surface area contributed by atoms with E-state index in [2.05, 4.69) is 0 Å². The Balaban J connectivity index is 0.975. The first-order valence-electron chi connectivity index (χ1n) is 28.5. The maximum Gasteiger partial charge on any atom is 0.187 e. The lowest BCUT2D eigenvalue weighted by atomic mass is 9.91. The van der Waals surface area contributed by atoms with E-state index in [0.717, 1.165) is 0 Å². The van der Waals surface area contributed by atoms with Gasteiger partial charge in [0.15, 0.2) is 50.3 Å². The van der Waals surface area contributed by atoms with Crippen LogP contribution in [0.4, 0.5) is 0 Å². The van der Waals surface area contributed by atoms with Gasteiger partial charge in [-0.3, -0.25) is 0 Å². The molecule has 21 saturated heterocycles. The summed E-state index contributed by atoms with van der Waals surface area (Å²) in [6, 6.07) is 0. The Kier molecular flexibility index (Phi) is 24.1. The topological polar surface area (TPSA) is 613 Å². The number of aliphatic hydroxyl groups is 23. The largest absolute Gasteiger partial charge is 0.394 e. The van der Waals surface area contributed by atoms with Crippen molar-refractivity contribution >= 4 is 0 Å². The molecule has 21 fully saturated rings. The molecule has 0 aliphatic carbocycles. The Hall–Kier alpha value is -1.56. The SMILES string of the molecule is C[C@H]1[C@H]2O[C@H]3[C@H](O)[C@@H](O)[C@@H](O[C@H]4[C@H](O)[C@@H](O)[C@@H](O[C@H]5[C@H](O)[C@@H](O)[C@@H](O[C@H]6[C@H](O)[C@@H](O)[C@@H](O[C@H]7[C@H](O)[C@@H](O)[C@@H](O[C@H]8[C@H](O)[C@@H](O)[C@@H](O[C@H]9[C@H](O)[C@@H](O)[C@@H](O[C@@H]([C@@H]1O)[C@@H](CO)O2)O[C@@H]9CO)O[C@@H]8CO)O[C@@H]7CO)O[C@@H]6CO)O[C@@H]5CO)O[C@@H]4CO)O[C@@H]3CO. The number of aliphatic hydroxyl groups excluding tert-OH is 23. The van der Waals surface area contributed by atoms with Crippen molar-refractivity contribution in [2.45, 2.75) is 246 Å². The molecule has 23 N–H and O–H groups in total. The molecule has 21 rings (SSSR count). The van der Waals surface area contributed by atoms with Crippen molar-refractivity contribution in [2.24, 2.45) is 5.92 Å². The summed E-state index contributed by atoms with van der Waals surface area (Å²) in [5.74, 6) is -1.25. The summed E-state index contributed by atoms with van der Waals surface area (Å²) in [6.45, 7) is -6.99. The lowest BCUT2D eigenvalue weighted by Gasteiger charge is -2.51. The molecule has 0 amide bonds. The van der Waals surface area contributed by atoms with Crippen LogP contribution in [0.15, 0.2) is 0 Å². The Bertz CT molecular complexity index is 1700. The average Bonchev–Trinajstić information content (AvgIpc) is 1.02. The van der Waals surface area contributed by atoms with E-state index >= 15 is 0 Å². The Morgan fingerprint density at radius 1 is 0.170 bits per heavy atom. The van der Waals surface area contributed by atoms with Gasteiger partial charge >= 0.3 is 0 Å². The molecule has 0 aromatic carbocycles. The van der Waals surface area contributed by atoms with Gasteiger partial charge in [-0.25, -0.2) is 0 Å². The lowest BCUT2D eigenvalue weighted by molar-refractivity contribution is -0.402. The van der Waals surface area contributed by atoms with Gasteiger partial charge in [-0.15, -0.1) is 0 Å². The summed E-state index contributed by atoms with van der Waals surface area (Å²) in [5.41, 5.74) is 0. The van der Waals surface area contributed by atoms with Crippen LogP contribution in [0, 0.1) is 5.92 Å². The summed E-state index contributed by atoms with van der Waals surface area (Å²) in [5, 5.41) is 254. The highest BCUT2D eigenvalue weighted by atomic mass is 16.8. The van der Waals surface area contributed by atoms with Crippen LogP contribution in [0.25, 0.3) is 0 Å². The van der Waals surface area contributed by atoms with E-state index in [4.69, 9.17) is 75.8 Å². The molecule has 39 heteroatoms. The number of hydrogen-bond acceptors (Lipinski definition) is 39. The fraction of sp³-hybridized carbons (Fsp3) is 1.00. The third kappa shape index (κ3) is 13.8. The van der Waals surface area contributed by atoms with Crippen molar-refractivity contribution in [2.75, 3.05) is 52.9 Å². The summed E-state index contributed by atoms with van der Waals surface area (Å²) in [4.78, 5) is 0. The van der Waals surface area contributed by atoms with E-state index in [1.54, 1.807) is 0 Å². The van der Waals surface area contributed by atoms with E-state index in [1.165, 1.54) is 6.92 Å². The predicted molar refractivity (Wildman–Crippen MR) is 264 cm³/mol. The van der Waals surface area contributed by atoms with Crippen molar-refractivity contribution in [3.8, 4) is 0 Å². The van der Waals surface area contributed by atoms with Gasteiger partial charge in [0.2, 0.25) is 0 Å². The first kappa shape index (κ1) is 70.7. The molecule has 21 aliphatic heterocycles. The normalized spacial score (nSPS) is 55.4. The van der Waals surface area contributed by atoms with Gasteiger partial charge in [-0.2, -0.15) is 0 Å². The minimum absolute atomic E-state index is 0.969. The first-order chi connectivity index (χ1) is 41.9. The second-order valence-electron chi connectivity index (χ2n) is 22.8. The Morgan fingerprint density at radius 3 is 0.443 bits per heavy atom. The fourth-order valence-corrected chi connectivity index (χ4v) is 12.1. The highest BCUT2D eigenvalue weighted by molar-refractivity contribution is 5.02. The molecule has 40 atom stereocenters. The smallest absolute Gasteiger partial charge is 0.187 e. The van der Waals surface area contributed by atoms with Crippen LogP contribution < -0.4 is 0 Å². The lowest BCUT2D eigenvalue weighted by Crippen LogP contribution is -2.68. The van der Waals surface area contributed by atoms with Crippen LogP contribution in [-0.4, -0.2) is 410 Å². The van der Waals surface area contributed by atoms with Crippen molar-refractivity contribution in [1.29, 1.82) is 0 Å². The summed E-state index contributed by atoms with van der Waals surface area (Å²) >= 11 is 0. The second-order valence-corrected chi connectivity index (χ2v) is 22.8. The van der Waals surface area contributed by atoms with Gasteiger partial charge in [0, 0.05) is 5.92 Å². The van der Waals surface area contributed by atoms with Gasteiger partial charge in [0.05, 0.1) is 59.0 Å². The Labute approximate surface area is 497 Å².